The lowest BCUT2D eigenvalue weighted by Crippen LogP contribution is -2.11. The molecule has 0 aliphatic heterocycles. The molecule has 6 aromatic rings. The highest BCUT2D eigenvalue weighted by atomic mass is 19.1. The summed E-state index contributed by atoms with van der Waals surface area (Å²) in [5.41, 5.74) is 8.54. The Kier molecular flexibility index (Phi) is 5.50. The first-order valence-corrected chi connectivity index (χ1v) is 11.8. The molecule has 0 bridgehead atoms. The molecule has 4 heterocycles. The molecule has 36 heavy (non-hydrogen) atoms. The van der Waals surface area contributed by atoms with Crippen LogP contribution in [0.5, 0.6) is 0 Å². The number of aryl methyl sites for hydroxylation is 1. The summed E-state index contributed by atoms with van der Waals surface area (Å²) in [6.07, 6.45) is 5.52. The number of H-pyrrole nitrogens is 2. The monoisotopic (exact) mass is 477 g/mol. The van der Waals surface area contributed by atoms with Gasteiger partial charge in [-0.3, -0.25) is 10.1 Å². The largest absolute Gasteiger partial charge is 0.337 e. The number of benzene rings is 2. The third-order valence-corrected chi connectivity index (χ3v) is 6.22. The van der Waals surface area contributed by atoms with Gasteiger partial charge in [0.15, 0.2) is 11.5 Å². The number of nitrogens with zero attached hydrogens (tertiary/aromatic N) is 4. The van der Waals surface area contributed by atoms with Gasteiger partial charge in [0.05, 0.1) is 16.4 Å². The predicted molar refractivity (Wildman–Crippen MR) is 140 cm³/mol. The van der Waals surface area contributed by atoms with Crippen LogP contribution in [0, 0.1) is 12.7 Å². The van der Waals surface area contributed by atoms with Gasteiger partial charge in [-0.2, -0.15) is 5.10 Å². The van der Waals surface area contributed by atoms with Crippen molar-refractivity contribution in [2.75, 3.05) is 6.54 Å². The Bertz CT molecular complexity index is 1700. The van der Waals surface area contributed by atoms with Gasteiger partial charge in [0.25, 0.3) is 0 Å². The lowest BCUT2D eigenvalue weighted by atomic mass is 10.0. The van der Waals surface area contributed by atoms with Crippen molar-refractivity contribution in [1.29, 1.82) is 0 Å². The molecule has 3 N–H and O–H groups in total. The van der Waals surface area contributed by atoms with Crippen molar-refractivity contribution in [2.24, 2.45) is 0 Å². The molecule has 0 radical (unpaired) electrons. The molecular weight excluding hydrogens is 453 g/mol. The average Bonchev–Trinajstić information content (AvgIpc) is 3.50. The first-order valence-electron chi connectivity index (χ1n) is 11.8. The van der Waals surface area contributed by atoms with Gasteiger partial charge < -0.3 is 10.3 Å². The fourth-order valence-electron chi connectivity index (χ4n) is 4.52. The minimum absolute atomic E-state index is 0.264. The van der Waals surface area contributed by atoms with Crippen molar-refractivity contribution in [3.63, 3.8) is 0 Å². The quantitative estimate of drug-likeness (QED) is 0.282. The number of pyridine rings is 2. The Balaban J connectivity index is 1.44. The van der Waals surface area contributed by atoms with E-state index in [1.165, 1.54) is 12.1 Å². The number of halogens is 1. The molecule has 0 amide bonds. The number of aromatic amines is 2. The maximum absolute atomic E-state index is 14.1. The lowest BCUT2D eigenvalue weighted by molar-refractivity contribution is 0.627. The molecule has 0 saturated carbocycles. The van der Waals surface area contributed by atoms with Crippen LogP contribution in [-0.4, -0.2) is 36.7 Å². The SMILES string of the molecule is CCNCc1cncc(-c2cnc3n[nH]c(-c4nc5c(-c6cc(C)cc(F)c6)cccc5[nH]4)c3c2)c1. The highest BCUT2D eigenvalue weighted by Gasteiger charge is 2.16. The lowest BCUT2D eigenvalue weighted by Gasteiger charge is -2.05. The van der Waals surface area contributed by atoms with Gasteiger partial charge in [-0.25, -0.2) is 14.4 Å². The van der Waals surface area contributed by atoms with Crippen LogP contribution in [0.25, 0.3) is 55.8 Å². The molecule has 4 aromatic heterocycles. The summed E-state index contributed by atoms with van der Waals surface area (Å²) in [5, 5.41) is 11.7. The number of rotatable bonds is 6. The molecule has 8 heteroatoms. The van der Waals surface area contributed by atoms with E-state index in [0.29, 0.717) is 11.5 Å². The molecular formula is C28H24FN7. The van der Waals surface area contributed by atoms with Crippen molar-refractivity contribution < 1.29 is 4.39 Å². The Morgan fingerprint density at radius 2 is 1.86 bits per heavy atom. The summed E-state index contributed by atoms with van der Waals surface area (Å²) < 4.78 is 14.1. The average molecular weight is 478 g/mol. The number of nitrogens with one attached hydrogen (secondary N) is 3. The Hall–Kier alpha value is -4.43. The molecule has 0 unspecified atom stereocenters. The number of hydrogen-bond acceptors (Lipinski definition) is 5. The van der Waals surface area contributed by atoms with Crippen molar-refractivity contribution >= 4 is 22.1 Å². The highest BCUT2D eigenvalue weighted by Crippen LogP contribution is 2.33. The normalized spacial score (nSPS) is 11.5. The first-order chi connectivity index (χ1) is 17.6. The van der Waals surface area contributed by atoms with Gasteiger partial charge in [-0.1, -0.05) is 25.1 Å². The van der Waals surface area contributed by atoms with E-state index in [9.17, 15) is 4.39 Å². The number of aromatic nitrogens is 6. The van der Waals surface area contributed by atoms with E-state index in [1.54, 1.807) is 0 Å². The summed E-state index contributed by atoms with van der Waals surface area (Å²) in [6, 6.07) is 15.1. The van der Waals surface area contributed by atoms with E-state index < -0.39 is 0 Å². The summed E-state index contributed by atoms with van der Waals surface area (Å²) in [7, 11) is 0. The summed E-state index contributed by atoms with van der Waals surface area (Å²) in [4.78, 5) is 17.3. The van der Waals surface area contributed by atoms with Gasteiger partial charge in [0.1, 0.15) is 11.5 Å². The van der Waals surface area contributed by atoms with Crippen LogP contribution < -0.4 is 5.32 Å². The van der Waals surface area contributed by atoms with E-state index in [0.717, 1.165) is 68.6 Å². The van der Waals surface area contributed by atoms with Crippen molar-refractivity contribution in [2.45, 2.75) is 20.4 Å². The third-order valence-electron chi connectivity index (χ3n) is 6.22. The third kappa shape index (κ3) is 4.01. The van der Waals surface area contributed by atoms with Gasteiger partial charge in [0, 0.05) is 41.8 Å². The van der Waals surface area contributed by atoms with Gasteiger partial charge in [-0.05, 0) is 60.5 Å². The number of para-hydroxylation sites is 1. The zero-order chi connectivity index (χ0) is 24.6. The summed E-state index contributed by atoms with van der Waals surface area (Å²) >= 11 is 0. The van der Waals surface area contributed by atoms with E-state index in [2.05, 4.69) is 49.5 Å². The standard InChI is InChI=1S/C28H24FN7/c1-3-30-12-17-9-19(14-31-13-17)20-11-23-26(35-36-27(23)32-15-20)28-33-24-6-4-5-22(25(24)34-28)18-7-16(2)8-21(29)10-18/h4-11,13-15,30H,3,12H2,1-2H3,(H,33,34)(H,32,35,36). The minimum Gasteiger partial charge on any atom is -0.337 e. The second kappa shape index (κ2) is 8.98. The Morgan fingerprint density at radius 3 is 2.72 bits per heavy atom. The molecule has 0 spiro atoms. The molecule has 0 fully saturated rings. The maximum atomic E-state index is 14.1. The number of imidazole rings is 1. The second-order valence-corrected chi connectivity index (χ2v) is 8.86. The fraction of sp³-hybridized carbons (Fsp3) is 0.143. The molecule has 0 saturated heterocycles. The van der Waals surface area contributed by atoms with Crippen molar-refractivity contribution in [1.82, 2.24) is 35.5 Å². The first kappa shape index (κ1) is 22.1. The van der Waals surface area contributed by atoms with E-state index in [-0.39, 0.29) is 5.82 Å². The van der Waals surface area contributed by atoms with Crippen LogP contribution in [0.2, 0.25) is 0 Å². The Labute approximate surface area is 206 Å². The minimum atomic E-state index is -0.264. The molecule has 7 nitrogen and oxygen atoms in total. The summed E-state index contributed by atoms with van der Waals surface area (Å²) in [6.45, 7) is 5.62. The predicted octanol–water partition coefficient (Wildman–Crippen LogP) is 5.79. The molecule has 178 valence electrons. The zero-order valence-electron chi connectivity index (χ0n) is 19.9. The van der Waals surface area contributed by atoms with Crippen LogP contribution in [0.15, 0.2) is 67.1 Å². The molecule has 0 aliphatic rings. The molecule has 2 aromatic carbocycles. The highest BCUT2D eigenvalue weighted by molar-refractivity contribution is 5.97. The summed E-state index contributed by atoms with van der Waals surface area (Å²) in [5.74, 6) is 0.381. The molecule has 0 aliphatic carbocycles. The van der Waals surface area contributed by atoms with Crippen LogP contribution >= 0.6 is 0 Å². The Morgan fingerprint density at radius 1 is 0.972 bits per heavy atom. The van der Waals surface area contributed by atoms with Gasteiger partial charge in [-0.15, -0.1) is 0 Å². The number of hydrogen-bond donors (Lipinski definition) is 3. The van der Waals surface area contributed by atoms with Crippen LogP contribution in [-0.2, 0) is 6.54 Å². The maximum Gasteiger partial charge on any atom is 0.181 e. The number of fused-ring (bicyclic) bond motifs is 2. The van der Waals surface area contributed by atoms with Crippen molar-refractivity contribution in [3.8, 4) is 33.8 Å². The van der Waals surface area contributed by atoms with Gasteiger partial charge >= 0.3 is 0 Å². The van der Waals surface area contributed by atoms with Crippen LogP contribution in [0.1, 0.15) is 18.1 Å². The van der Waals surface area contributed by atoms with Gasteiger partial charge in [0.2, 0.25) is 0 Å². The molecule has 6 rings (SSSR count). The zero-order valence-corrected chi connectivity index (χ0v) is 19.9. The van der Waals surface area contributed by atoms with Crippen LogP contribution in [0.4, 0.5) is 4.39 Å². The van der Waals surface area contributed by atoms with E-state index in [1.807, 2.05) is 49.8 Å². The van der Waals surface area contributed by atoms with Crippen LogP contribution in [0.3, 0.4) is 0 Å². The molecule has 0 atom stereocenters. The fourth-order valence-corrected chi connectivity index (χ4v) is 4.52. The van der Waals surface area contributed by atoms with E-state index >= 15 is 0 Å². The van der Waals surface area contributed by atoms with Crippen molar-refractivity contribution in [3.05, 3.63) is 84.1 Å². The smallest absolute Gasteiger partial charge is 0.181 e. The second-order valence-electron chi connectivity index (χ2n) is 8.86. The van der Waals surface area contributed by atoms with E-state index in [4.69, 9.17) is 4.98 Å². The topological polar surface area (TPSA) is 95.2 Å².